The number of hydrogen-bond donors (Lipinski definition) is 1. The normalized spacial score (nSPS) is 16.7. The minimum absolute atomic E-state index is 0.973. The van der Waals surface area contributed by atoms with E-state index in [2.05, 4.69) is 14.1 Å². The molecule has 0 radical (unpaired) electrons. The third-order valence-electron chi connectivity index (χ3n) is 2.13. The number of nitrogens with zero attached hydrogens (tertiary/aromatic N) is 2. The van der Waals surface area contributed by atoms with Crippen molar-refractivity contribution in [2.24, 2.45) is 0 Å². The van der Waals surface area contributed by atoms with E-state index >= 15 is 0 Å². The molecule has 2 aromatic heterocycles. The van der Waals surface area contributed by atoms with Gasteiger partial charge < -0.3 is 5.32 Å². The Morgan fingerprint density at radius 1 is 1.33 bits per heavy atom. The predicted molar refractivity (Wildman–Crippen MR) is 50.7 cm³/mol. The van der Waals surface area contributed by atoms with Crippen LogP contribution in [0.25, 0.3) is 10.3 Å². The van der Waals surface area contributed by atoms with Gasteiger partial charge in [0, 0.05) is 23.5 Å². The first-order chi connectivity index (χ1) is 5.95. The second-order valence-electron chi connectivity index (χ2n) is 2.85. The first-order valence-electron chi connectivity index (χ1n) is 3.88. The molecule has 62 valence electrons. The second-order valence-corrected chi connectivity index (χ2v) is 4.46. The summed E-state index contributed by atoms with van der Waals surface area (Å²) in [4.78, 5) is 2.60. The lowest BCUT2D eigenvalue weighted by molar-refractivity contribution is 0.655. The van der Waals surface area contributed by atoms with E-state index in [1.807, 2.05) is 0 Å². The molecule has 3 heterocycles. The molecule has 5 heteroatoms. The molecular weight excluding hydrogens is 190 g/mol. The maximum Gasteiger partial charge on any atom is 0.158 e. The topological polar surface area (TPSA) is 37.8 Å². The molecule has 2 aromatic rings. The second kappa shape index (κ2) is 2.48. The number of hydrogen-bond acceptors (Lipinski definition) is 5. The Hall–Kier alpha value is -0.520. The monoisotopic (exact) mass is 197 g/mol. The lowest BCUT2D eigenvalue weighted by Gasteiger charge is -2.11. The summed E-state index contributed by atoms with van der Waals surface area (Å²) in [5.74, 6) is 0. The zero-order valence-corrected chi connectivity index (χ0v) is 7.97. The molecular formula is C7H7N3S2. The van der Waals surface area contributed by atoms with Crippen LogP contribution in [0, 0.1) is 0 Å². The van der Waals surface area contributed by atoms with Crippen LogP contribution in [0.15, 0.2) is 0 Å². The van der Waals surface area contributed by atoms with Gasteiger partial charge in [0.05, 0.1) is 11.7 Å². The van der Waals surface area contributed by atoms with E-state index < -0.39 is 0 Å². The van der Waals surface area contributed by atoms with Crippen molar-refractivity contribution in [2.45, 2.75) is 13.0 Å². The van der Waals surface area contributed by atoms with Crippen LogP contribution in [0.5, 0.6) is 0 Å². The summed E-state index contributed by atoms with van der Waals surface area (Å²) < 4.78 is 8.54. The van der Waals surface area contributed by atoms with Crippen LogP contribution in [0.4, 0.5) is 0 Å². The number of thiophene rings is 1. The fourth-order valence-electron chi connectivity index (χ4n) is 1.54. The number of nitrogens with one attached hydrogen (secondary N) is 1. The van der Waals surface area contributed by atoms with Gasteiger partial charge in [-0.1, -0.05) is 0 Å². The fraction of sp³-hybridized carbons (Fsp3) is 0.429. The Kier molecular flexibility index (Phi) is 1.44. The van der Waals surface area contributed by atoms with Crippen molar-refractivity contribution in [1.29, 1.82) is 0 Å². The van der Waals surface area contributed by atoms with Gasteiger partial charge in [-0.2, -0.15) is 8.75 Å². The first-order valence-corrected chi connectivity index (χ1v) is 5.43. The SMILES string of the molecule is C1Cc2sc3nsnc3c2CN1. The van der Waals surface area contributed by atoms with Gasteiger partial charge in [0.25, 0.3) is 0 Å². The van der Waals surface area contributed by atoms with Crippen molar-refractivity contribution in [3.05, 3.63) is 10.4 Å². The third-order valence-corrected chi connectivity index (χ3v) is 3.95. The molecule has 1 aliphatic rings. The van der Waals surface area contributed by atoms with Gasteiger partial charge in [0.1, 0.15) is 5.52 Å². The molecule has 0 saturated carbocycles. The minimum Gasteiger partial charge on any atom is -0.312 e. The molecule has 0 fully saturated rings. The summed E-state index contributed by atoms with van der Waals surface area (Å²) in [6.07, 6.45) is 1.14. The molecule has 12 heavy (non-hydrogen) atoms. The number of aromatic nitrogens is 2. The van der Waals surface area contributed by atoms with Crippen LogP contribution in [0.2, 0.25) is 0 Å². The number of fused-ring (bicyclic) bond motifs is 3. The van der Waals surface area contributed by atoms with Gasteiger partial charge in [0.2, 0.25) is 0 Å². The van der Waals surface area contributed by atoms with E-state index in [0.717, 1.165) is 29.9 Å². The molecule has 0 unspecified atom stereocenters. The van der Waals surface area contributed by atoms with Gasteiger partial charge in [0.15, 0.2) is 4.83 Å². The molecule has 3 rings (SSSR count). The highest BCUT2D eigenvalue weighted by Crippen LogP contribution is 2.31. The lowest BCUT2D eigenvalue weighted by Crippen LogP contribution is -2.22. The number of rotatable bonds is 0. The summed E-state index contributed by atoms with van der Waals surface area (Å²) in [5.41, 5.74) is 2.52. The maximum absolute atomic E-state index is 4.29. The Morgan fingerprint density at radius 3 is 3.33 bits per heavy atom. The highest BCUT2D eigenvalue weighted by Gasteiger charge is 2.17. The summed E-state index contributed by atoms with van der Waals surface area (Å²) >= 11 is 3.12. The Balaban J connectivity index is 2.34. The molecule has 0 amide bonds. The van der Waals surface area contributed by atoms with Crippen LogP contribution < -0.4 is 5.32 Å². The Morgan fingerprint density at radius 2 is 2.33 bits per heavy atom. The van der Waals surface area contributed by atoms with E-state index in [1.165, 1.54) is 22.2 Å². The van der Waals surface area contributed by atoms with Crippen molar-refractivity contribution in [2.75, 3.05) is 6.54 Å². The summed E-state index contributed by atoms with van der Waals surface area (Å²) in [5, 5.41) is 3.35. The molecule has 3 nitrogen and oxygen atoms in total. The van der Waals surface area contributed by atoms with Gasteiger partial charge in [-0.05, 0) is 6.42 Å². The van der Waals surface area contributed by atoms with E-state index in [0.29, 0.717) is 0 Å². The Labute approximate surface area is 77.8 Å². The summed E-state index contributed by atoms with van der Waals surface area (Å²) in [7, 11) is 0. The highest BCUT2D eigenvalue weighted by atomic mass is 32.1. The smallest absolute Gasteiger partial charge is 0.158 e. The molecule has 0 bridgehead atoms. The molecule has 0 aromatic carbocycles. The maximum atomic E-state index is 4.29. The minimum atomic E-state index is 0.973. The zero-order chi connectivity index (χ0) is 7.97. The third kappa shape index (κ3) is 0.840. The van der Waals surface area contributed by atoms with Crippen molar-refractivity contribution < 1.29 is 0 Å². The van der Waals surface area contributed by atoms with E-state index in [-0.39, 0.29) is 0 Å². The van der Waals surface area contributed by atoms with Crippen molar-refractivity contribution in [3.8, 4) is 0 Å². The van der Waals surface area contributed by atoms with Gasteiger partial charge in [-0.3, -0.25) is 0 Å². The van der Waals surface area contributed by atoms with Crippen molar-refractivity contribution in [3.63, 3.8) is 0 Å². The average Bonchev–Trinajstić information content (AvgIpc) is 2.62. The van der Waals surface area contributed by atoms with Crippen LogP contribution in [-0.4, -0.2) is 15.3 Å². The standard InChI is InChI=1S/C7H7N3S2/c1-2-8-3-4-5(1)11-7-6(4)9-12-10-7/h8H,1-3H2. The van der Waals surface area contributed by atoms with E-state index in [9.17, 15) is 0 Å². The average molecular weight is 197 g/mol. The molecule has 0 saturated heterocycles. The van der Waals surface area contributed by atoms with Gasteiger partial charge in [-0.15, -0.1) is 11.3 Å². The van der Waals surface area contributed by atoms with Crippen LogP contribution in [-0.2, 0) is 13.0 Å². The van der Waals surface area contributed by atoms with Gasteiger partial charge >= 0.3 is 0 Å². The van der Waals surface area contributed by atoms with Crippen molar-refractivity contribution >= 4 is 33.4 Å². The molecule has 0 aliphatic carbocycles. The van der Waals surface area contributed by atoms with Crippen molar-refractivity contribution in [1.82, 2.24) is 14.1 Å². The largest absolute Gasteiger partial charge is 0.312 e. The highest BCUT2D eigenvalue weighted by molar-refractivity contribution is 7.20. The Bertz CT molecular complexity index is 417. The zero-order valence-electron chi connectivity index (χ0n) is 6.33. The van der Waals surface area contributed by atoms with Gasteiger partial charge in [-0.25, -0.2) is 0 Å². The fourth-order valence-corrected chi connectivity index (χ4v) is 3.32. The lowest BCUT2D eigenvalue weighted by atomic mass is 10.1. The molecule has 1 aliphatic heterocycles. The molecule has 1 N–H and O–H groups in total. The van der Waals surface area contributed by atoms with E-state index in [4.69, 9.17) is 0 Å². The van der Waals surface area contributed by atoms with Crippen LogP contribution >= 0.6 is 23.1 Å². The first kappa shape index (κ1) is 6.94. The summed E-state index contributed by atoms with van der Waals surface area (Å²) in [6, 6.07) is 0. The van der Waals surface area contributed by atoms with E-state index in [1.54, 1.807) is 11.3 Å². The van der Waals surface area contributed by atoms with Crippen LogP contribution in [0.1, 0.15) is 10.4 Å². The van der Waals surface area contributed by atoms with Crippen LogP contribution in [0.3, 0.4) is 0 Å². The summed E-state index contributed by atoms with van der Waals surface area (Å²) in [6.45, 7) is 2.07. The predicted octanol–water partition coefficient (Wildman–Crippen LogP) is 1.40. The molecule has 0 atom stereocenters. The molecule has 0 spiro atoms. The quantitative estimate of drug-likeness (QED) is 0.693.